The van der Waals surface area contributed by atoms with E-state index in [4.69, 9.17) is 4.74 Å². The van der Waals surface area contributed by atoms with Gasteiger partial charge in [-0.15, -0.1) is 0 Å². The minimum atomic E-state index is -0.671. The van der Waals surface area contributed by atoms with Gasteiger partial charge in [0.2, 0.25) is 0 Å². The maximum atomic E-state index is 11.8. The van der Waals surface area contributed by atoms with E-state index in [-0.39, 0.29) is 17.9 Å². The minimum absolute atomic E-state index is 0.0540. The van der Waals surface area contributed by atoms with E-state index in [1.807, 2.05) is 0 Å². The Hall–Kier alpha value is -2.94. The molecule has 2 N–H and O–H groups in total. The van der Waals surface area contributed by atoms with Crippen LogP contribution in [0.3, 0.4) is 0 Å². The molecule has 124 valence electrons. The molecular formula is C15H12BrN3O5. The fourth-order valence-electron chi connectivity index (χ4n) is 1.68. The van der Waals surface area contributed by atoms with Crippen molar-refractivity contribution in [2.45, 2.75) is 0 Å². The number of nitro groups is 1. The molecule has 0 unspecified atom stereocenters. The molecule has 8 nitrogen and oxygen atoms in total. The largest absolute Gasteiger partial charge is 0.484 e. The molecule has 2 rings (SSSR count). The third-order valence-electron chi connectivity index (χ3n) is 2.82. The second-order valence-corrected chi connectivity index (χ2v) is 5.47. The molecule has 0 aliphatic carbocycles. The van der Waals surface area contributed by atoms with Crippen molar-refractivity contribution >= 4 is 33.4 Å². The van der Waals surface area contributed by atoms with Gasteiger partial charge in [-0.3, -0.25) is 30.6 Å². The maximum absolute atomic E-state index is 11.8. The summed E-state index contributed by atoms with van der Waals surface area (Å²) in [4.78, 5) is 33.5. The first kappa shape index (κ1) is 17.4. The van der Waals surface area contributed by atoms with Crippen molar-refractivity contribution in [1.29, 1.82) is 0 Å². The third-order valence-corrected chi connectivity index (χ3v) is 3.35. The highest BCUT2D eigenvalue weighted by molar-refractivity contribution is 9.10. The molecule has 24 heavy (non-hydrogen) atoms. The van der Waals surface area contributed by atoms with E-state index < -0.39 is 16.7 Å². The third kappa shape index (κ3) is 5.06. The summed E-state index contributed by atoms with van der Waals surface area (Å²) in [5.41, 5.74) is 4.17. The van der Waals surface area contributed by atoms with Crippen LogP contribution in [0.15, 0.2) is 53.0 Å². The van der Waals surface area contributed by atoms with Gasteiger partial charge in [-0.05, 0) is 30.3 Å². The van der Waals surface area contributed by atoms with Gasteiger partial charge in [0.15, 0.2) is 6.61 Å². The number of benzene rings is 2. The number of hydrogen-bond donors (Lipinski definition) is 2. The quantitative estimate of drug-likeness (QED) is 0.597. The number of nitrogens with zero attached hydrogens (tertiary/aromatic N) is 1. The molecule has 0 saturated heterocycles. The number of nitro benzene ring substituents is 1. The van der Waals surface area contributed by atoms with Crippen molar-refractivity contribution in [2.24, 2.45) is 0 Å². The first-order valence-corrected chi connectivity index (χ1v) is 7.47. The van der Waals surface area contributed by atoms with Gasteiger partial charge in [0.25, 0.3) is 17.5 Å². The summed E-state index contributed by atoms with van der Waals surface area (Å²) < 4.78 is 6.12. The molecule has 0 spiro atoms. The fourth-order valence-corrected chi connectivity index (χ4v) is 1.94. The molecule has 0 saturated carbocycles. The van der Waals surface area contributed by atoms with Crippen molar-refractivity contribution < 1.29 is 19.2 Å². The summed E-state index contributed by atoms with van der Waals surface area (Å²) in [6, 6.07) is 12.0. The lowest BCUT2D eigenvalue weighted by molar-refractivity contribution is -0.384. The summed E-state index contributed by atoms with van der Waals surface area (Å²) in [7, 11) is 0. The van der Waals surface area contributed by atoms with Crippen LogP contribution < -0.4 is 15.6 Å². The van der Waals surface area contributed by atoms with Gasteiger partial charge in [0.05, 0.1) is 4.92 Å². The van der Waals surface area contributed by atoms with Gasteiger partial charge < -0.3 is 4.74 Å². The summed E-state index contributed by atoms with van der Waals surface area (Å²) in [5.74, 6) is -0.745. The normalized spacial score (nSPS) is 9.88. The van der Waals surface area contributed by atoms with Crippen LogP contribution >= 0.6 is 15.9 Å². The number of non-ortho nitro benzene ring substituents is 1. The number of nitrogens with one attached hydrogen (secondary N) is 2. The zero-order valence-corrected chi connectivity index (χ0v) is 13.8. The predicted octanol–water partition coefficient (Wildman–Crippen LogP) is 2.20. The van der Waals surface area contributed by atoms with Gasteiger partial charge in [-0.25, -0.2) is 0 Å². The molecule has 0 atom stereocenters. The Kier molecular flexibility index (Phi) is 5.85. The molecule has 0 fully saturated rings. The Morgan fingerprint density at radius 2 is 1.83 bits per heavy atom. The van der Waals surface area contributed by atoms with Crippen molar-refractivity contribution in [3.05, 3.63) is 68.7 Å². The molecule has 9 heteroatoms. The number of amides is 2. The Morgan fingerprint density at radius 3 is 2.50 bits per heavy atom. The molecule has 0 aliphatic heterocycles. The Balaban J connectivity index is 1.82. The van der Waals surface area contributed by atoms with Crippen molar-refractivity contribution in [1.82, 2.24) is 10.9 Å². The van der Waals surface area contributed by atoms with Gasteiger partial charge in [0.1, 0.15) is 5.75 Å². The molecule has 2 aromatic carbocycles. The second-order valence-electron chi connectivity index (χ2n) is 4.55. The Bertz CT molecular complexity index is 764. The number of carbonyl (C=O) groups excluding carboxylic acids is 2. The van der Waals surface area contributed by atoms with E-state index in [2.05, 4.69) is 26.8 Å². The molecular weight excluding hydrogens is 382 g/mol. The molecule has 0 radical (unpaired) electrons. The highest BCUT2D eigenvalue weighted by atomic mass is 79.9. The van der Waals surface area contributed by atoms with Crippen LogP contribution in [0.25, 0.3) is 0 Å². The average molecular weight is 394 g/mol. The van der Waals surface area contributed by atoms with Gasteiger partial charge >= 0.3 is 0 Å². The zero-order valence-electron chi connectivity index (χ0n) is 12.2. The van der Waals surface area contributed by atoms with E-state index in [1.54, 1.807) is 24.3 Å². The molecule has 0 heterocycles. The van der Waals surface area contributed by atoms with E-state index in [9.17, 15) is 19.7 Å². The highest BCUT2D eigenvalue weighted by Crippen LogP contribution is 2.16. The Morgan fingerprint density at radius 1 is 1.12 bits per heavy atom. The van der Waals surface area contributed by atoms with E-state index in [0.717, 1.165) is 10.5 Å². The predicted molar refractivity (Wildman–Crippen MR) is 88.3 cm³/mol. The lowest BCUT2D eigenvalue weighted by atomic mass is 10.2. The molecule has 0 aromatic heterocycles. The standard InChI is InChI=1S/C15H12BrN3O5/c16-11-4-6-13(7-5-11)24-9-14(20)17-18-15(21)10-2-1-3-12(8-10)19(22)23/h1-8H,9H2,(H,17,20)(H,18,21). The number of ether oxygens (including phenoxy) is 1. The van der Waals surface area contributed by atoms with Crippen molar-refractivity contribution in [2.75, 3.05) is 6.61 Å². The van der Waals surface area contributed by atoms with Crippen LogP contribution in [-0.4, -0.2) is 23.3 Å². The fraction of sp³-hybridized carbons (Fsp3) is 0.0667. The van der Waals surface area contributed by atoms with Gasteiger partial charge in [-0.1, -0.05) is 22.0 Å². The second kappa shape index (κ2) is 8.06. The number of hydrazine groups is 1. The van der Waals surface area contributed by atoms with Gasteiger partial charge in [0, 0.05) is 22.2 Å². The van der Waals surface area contributed by atoms with Crippen molar-refractivity contribution in [3.63, 3.8) is 0 Å². The summed E-state index contributed by atoms with van der Waals surface area (Å²) in [5, 5.41) is 10.7. The Labute approximate surface area is 145 Å². The number of halogens is 1. The van der Waals surface area contributed by atoms with E-state index in [1.165, 1.54) is 18.2 Å². The maximum Gasteiger partial charge on any atom is 0.276 e. The lowest BCUT2D eigenvalue weighted by Gasteiger charge is -2.09. The lowest BCUT2D eigenvalue weighted by Crippen LogP contribution is -2.43. The average Bonchev–Trinajstić information content (AvgIpc) is 2.59. The first-order valence-electron chi connectivity index (χ1n) is 6.68. The number of rotatable bonds is 5. The van der Waals surface area contributed by atoms with E-state index >= 15 is 0 Å². The first-order chi connectivity index (χ1) is 11.5. The molecule has 0 aliphatic rings. The SMILES string of the molecule is O=C(COc1ccc(Br)cc1)NNC(=O)c1cccc([N+](=O)[O-])c1. The monoisotopic (exact) mass is 393 g/mol. The molecule has 0 bridgehead atoms. The molecule has 2 aromatic rings. The topological polar surface area (TPSA) is 111 Å². The highest BCUT2D eigenvalue weighted by Gasteiger charge is 2.12. The van der Waals surface area contributed by atoms with Crippen LogP contribution in [0.5, 0.6) is 5.75 Å². The number of hydrogen-bond acceptors (Lipinski definition) is 5. The summed E-state index contributed by atoms with van der Waals surface area (Å²) >= 11 is 3.28. The van der Waals surface area contributed by atoms with Crippen molar-refractivity contribution in [3.8, 4) is 5.75 Å². The minimum Gasteiger partial charge on any atom is -0.484 e. The number of carbonyl (C=O) groups is 2. The van der Waals surface area contributed by atoms with Crippen LogP contribution in [0.4, 0.5) is 5.69 Å². The molecule has 2 amide bonds. The van der Waals surface area contributed by atoms with Gasteiger partial charge in [-0.2, -0.15) is 0 Å². The smallest absolute Gasteiger partial charge is 0.276 e. The summed E-state index contributed by atoms with van der Waals surface area (Å²) in [6.07, 6.45) is 0. The van der Waals surface area contributed by atoms with Crippen LogP contribution in [0.2, 0.25) is 0 Å². The van der Waals surface area contributed by atoms with Crippen LogP contribution in [0.1, 0.15) is 10.4 Å². The summed E-state index contributed by atoms with van der Waals surface area (Å²) in [6.45, 7) is -0.295. The van der Waals surface area contributed by atoms with E-state index in [0.29, 0.717) is 5.75 Å². The van der Waals surface area contributed by atoms with Crippen LogP contribution in [0, 0.1) is 10.1 Å². The van der Waals surface area contributed by atoms with Crippen LogP contribution in [-0.2, 0) is 4.79 Å². The zero-order chi connectivity index (χ0) is 17.5.